The second-order valence-electron chi connectivity index (χ2n) is 5.00. The first-order valence-electron chi connectivity index (χ1n) is 6.97. The Labute approximate surface area is 118 Å². The minimum absolute atomic E-state index is 0.204. The highest BCUT2D eigenvalue weighted by Crippen LogP contribution is 2.21. The predicted octanol–water partition coefficient (Wildman–Crippen LogP) is 3.89. The molecule has 0 bridgehead atoms. The van der Waals surface area contributed by atoms with E-state index in [0.717, 1.165) is 19.4 Å². The second kappa shape index (κ2) is 5.74. The molecule has 1 fully saturated rings. The second-order valence-corrected chi connectivity index (χ2v) is 5.00. The smallest absolute Gasteiger partial charge is 0.220 e. The number of nitrogens with one attached hydrogen (secondary N) is 1. The largest absolute Gasteiger partial charge is 0.356 e. The van der Waals surface area contributed by atoms with Gasteiger partial charge in [-0.2, -0.15) is 0 Å². The fraction of sp³-hybridized carbons (Fsp3) is 0.167. The van der Waals surface area contributed by atoms with Crippen molar-refractivity contribution >= 4 is 27.5 Å². The normalized spacial score (nSPS) is 13.9. The molecule has 1 N–H and O–H groups in total. The lowest BCUT2D eigenvalue weighted by atomic mass is 10.0. The molecule has 1 amide bonds. The maximum absolute atomic E-state index is 10.1. The molecule has 20 heavy (non-hydrogen) atoms. The van der Waals surface area contributed by atoms with Gasteiger partial charge in [-0.3, -0.25) is 4.79 Å². The van der Waals surface area contributed by atoms with Crippen LogP contribution in [-0.2, 0) is 4.79 Å². The molecule has 0 saturated carbocycles. The fourth-order valence-electron chi connectivity index (χ4n) is 2.45. The molecule has 100 valence electrons. The van der Waals surface area contributed by atoms with Crippen LogP contribution in [0.25, 0.3) is 21.5 Å². The molecule has 1 aliphatic rings. The molecule has 1 aliphatic heterocycles. The number of benzene rings is 3. The van der Waals surface area contributed by atoms with Gasteiger partial charge >= 0.3 is 0 Å². The van der Waals surface area contributed by atoms with E-state index in [0.29, 0.717) is 0 Å². The third-order valence-electron chi connectivity index (χ3n) is 3.52. The summed E-state index contributed by atoms with van der Waals surface area (Å²) in [4.78, 5) is 10.1. The van der Waals surface area contributed by atoms with E-state index >= 15 is 0 Å². The number of hydrogen-bond acceptors (Lipinski definition) is 1. The van der Waals surface area contributed by atoms with Gasteiger partial charge < -0.3 is 5.32 Å². The molecule has 2 heteroatoms. The minimum atomic E-state index is 0.204. The Morgan fingerprint density at radius 3 is 1.45 bits per heavy atom. The Hall–Kier alpha value is -2.35. The van der Waals surface area contributed by atoms with E-state index in [4.69, 9.17) is 0 Å². The van der Waals surface area contributed by atoms with Gasteiger partial charge in [0.1, 0.15) is 0 Å². The first-order chi connectivity index (χ1) is 9.83. The van der Waals surface area contributed by atoms with Crippen LogP contribution in [0.2, 0.25) is 0 Å². The lowest BCUT2D eigenvalue weighted by Gasteiger charge is -2.00. The average Bonchev–Trinajstić information content (AvgIpc) is 2.97. The molecular weight excluding hydrogens is 246 g/mol. The van der Waals surface area contributed by atoms with Crippen LogP contribution < -0.4 is 5.32 Å². The van der Waals surface area contributed by atoms with Crippen LogP contribution in [-0.4, -0.2) is 12.5 Å². The summed E-state index contributed by atoms with van der Waals surface area (Å²) in [6, 6.07) is 21.4. The topological polar surface area (TPSA) is 29.1 Å². The van der Waals surface area contributed by atoms with Crippen molar-refractivity contribution in [3.05, 3.63) is 60.7 Å². The fourth-order valence-corrected chi connectivity index (χ4v) is 2.45. The van der Waals surface area contributed by atoms with Crippen LogP contribution in [0.5, 0.6) is 0 Å². The summed E-state index contributed by atoms with van der Waals surface area (Å²) < 4.78 is 0. The zero-order valence-electron chi connectivity index (χ0n) is 11.3. The summed E-state index contributed by atoms with van der Waals surface area (Å²) >= 11 is 0. The third kappa shape index (κ3) is 2.80. The van der Waals surface area contributed by atoms with Gasteiger partial charge in [0.05, 0.1) is 0 Å². The van der Waals surface area contributed by atoms with Gasteiger partial charge in [-0.15, -0.1) is 0 Å². The number of hydrogen-bond donors (Lipinski definition) is 1. The summed E-state index contributed by atoms with van der Waals surface area (Å²) in [6.07, 6.45) is 1.76. The Morgan fingerprint density at radius 2 is 1.20 bits per heavy atom. The Balaban J connectivity index is 0.000000170. The van der Waals surface area contributed by atoms with Crippen LogP contribution in [0.4, 0.5) is 0 Å². The Bertz CT molecular complexity index is 635. The van der Waals surface area contributed by atoms with Crippen molar-refractivity contribution in [2.24, 2.45) is 0 Å². The maximum Gasteiger partial charge on any atom is 0.220 e. The monoisotopic (exact) mass is 263 g/mol. The van der Waals surface area contributed by atoms with E-state index in [2.05, 4.69) is 66.0 Å². The molecule has 0 unspecified atom stereocenters. The van der Waals surface area contributed by atoms with Gasteiger partial charge in [0.25, 0.3) is 0 Å². The molecule has 1 heterocycles. The number of carbonyl (C=O) groups is 1. The van der Waals surface area contributed by atoms with Crippen molar-refractivity contribution in [1.82, 2.24) is 5.32 Å². The molecule has 0 atom stereocenters. The average molecular weight is 263 g/mol. The molecule has 3 aromatic rings. The zero-order chi connectivity index (χ0) is 13.8. The van der Waals surface area contributed by atoms with Crippen LogP contribution in [0.3, 0.4) is 0 Å². The summed E-state index contributed by atoms with van der Waals surface area (Å²) in [5.74, 6) is 0.204. The molecule has 2 nitrogen and oxygen atoms in total. The summed E-state index contributed by atoms with van der Waals surface area (Å²) in [6.45, 7) is 0.888. The van der Waals surface area contributed by atoms with Crippen molar-refractivity contribution < 1.29 is 4.79 Å². The van der Waals surface area contributed by atoms with E-state index in [1.165, 1.54) is 21.5 Å². The first kappa shape index (κ1) is 12.7. The van der Waals surface area contributed by atoms with Crippen LogP contribution in [0.15, 0.2) is 60.7 Å². The third-order valence-corrected chi connectivity index (χ3v) is 3.52. The highest BCUT2D eigenvalue weighted by atomic mass is 16.1. The number of fused-ring (bicyclic) bond motifs is 2. The SMILES string of the molecule is O=C1CCCN1.c1ccc2cc3ccccc3cc2c1. The minimum Gasteiger partial charge on any atom is -0.356 e. The van der Waals surface area contributed by atoms with E-state index in [1.54, 1.807) is 0 Å². The van der Waals surface area contributed by atoms with Gasteiger partial charge in [-0.1, -0.05) is 48.5 Å². The summed E-state index contributed by atoms with van der Waals surface area (Å²) in [7, 11) is 0. The highest BCUT2D eigenvalue weighted by molar-refractivity contribution is 5.98. The molecule has 0 radical (unpaired) electrons. The van der Waals surface area contributed by atoms with Gasteiger partial charge in [0.15, 0.2) is 0 Å². The van der Waals surface area contributed by atoms with Crippen molar-refractivity contribution in [3.8, 4) is 0 Å². The van der Waals surface area contributed by atoms with E-state index in [1.807, 2.05) is 0 Å². The quantitative estimate of drug-likeness (QED) is 0.612. The number of amides is 1. The van der Waals surface area contributed by atoms with Gasteiger partial charge in [0, 0.05) is 13.0 Å². The van der Waals surface area contributed by atoms with E-state index < -0.39 is 0 Å². The van der Waals surface area contributed by atoms with Gasteiger partial charge in [0.2, 0.25) is 5.91 Å². The lowest BCUT2D eigenvalue weighted by molar-refractivity contribution is -0.119. The van der Waals surface area contributed by atoms with Gasteiger partial charge in [-0.25, -0.2) is 0 Å². The maximum atomic E-state index is 10.1. The molecule has 4 rings (SSSR count). The predicted molar refractivity (Wildman–Crippen MR) is 83.7 cm³/mol. The van der Waals surface area contributed by atoms with Crippen LogP contribution in [0, 0.1) is 0 Å². The van der Waals surface area contributed by atoms with Crippen LogP contribution in [0.1, 0.15) is 12.8 Å². The van der Waals surface area contributed by atoms with E-state index in [9.17, 15) is 4.79 Å². The summed E-state index contributed by atoms with van der Waals surface area (Å²) in [5.41, 5.74) is 0. The Morgan fingerprint density at radius 1 is 0.750 bits per heavy atom. The molecule has 0 aliphatic carbocycles. The Kier molecular flexibility index (Phi) is 3.64. The van der Waals surface area contributed by atoms with Crippen molar-refractivity contribution in [1.29, 1.82) is 0 Å². The van der Waals surface area contributed by atoms with Crippen LogP contribution >= 0.6 is 0 Å². The van der Waals surface area contributed by atoms with Crippen molar-refractivity contribution in [2.45, 2.75) is 12.8 Å². The molecule has 1 saturated heterocycles. The highest BCUT2D eigenvalue weighted by Gasteiger charge is 2.05. The van der Waals surface area contributed by atoms with E-state index in [-0.39, 0.29) is 5.91 Å². The number of rotatable bonds is 0. The van der Waals surface area contributed by atoms with Crippen molar-refractivity contribution in [3.63, 3.8) is 0 Å². The molecule has 0 aromatic heterocycles. The molecular formula is C18H17NO. The summed E-state index contributed by atoms with van der Waals surface area (Å²) in [5, 5.41) is 7.93. The number of carbonyl (C=O) groups excluding carboxylic acids is 1. The molecule has 0 spiro atoms. The first-order valence-corrected chi connectivity index (χ1v) is 6.97. The molecule has 3 aromatic carbocycles. The zero-order valence-corrected chi connectivity index (χ0v) is 11.3. The standard InChI is InChI=1S/C14H10.C4H7NO/c1-2-6-12-10-14-8-4-3-7-13(14)9-11(12)5-1;6-4-2-1-3-5-4/h1-10H;1-3H2,(H,5,6). The van der Waals surface area contributed by atoms with Gasteiger partial charge in [-0.05, 0) is 40.1 Å². The van der Waals surface area contributed by atoms with Crippen molar-refractivity contribution in [2.75, 3.05) is 6.54 Å². The lowest BCUT2D eigenvalue weighted by Crippen LogP contribution is -2.12.